The Bertz CT molecular complexity index is 1680. The van der Waals surface area contributed by atoms with Gasteiger partial charge in [0, 0.05) is 16.2 Å². The second-order valence-corrected chi connectivity index (χ2v) is 10.1. The maximum absolute atomic E-state index is 5.21. The van der Waals surface area contributed by atoms with Crippen LogP contribution < -0.4 is 0 Å². The van der Waals surface area contributed by atoms with Crippen molar-refractivity contribution in [2.75, 3.05) is 0 Å². The molecule has 0 bridgehead atoms. The Morgan fingerprint density at radius 3 is 1.82 bits per heavy atom. The first-order valence-corrected chi connectivity index (χ1v) is 12.0. The van der Waals surface area contributed by atoms with Crippen molar-refractivity contribution >= 4 is 27.3 Å². The highest BCUT2D eigenvalue weighted by Gasteiger charge is 2.55. The molecule has 0 saturated carbocycles. The van der Waals surface area contributed by atoms with E-state index in [1.54, 1.807) is 0 Å². The molecule has 0 fully saturated rings. The van der Waals surface area contributed by atoms with Crippen LogP contribution in [0.2, 0.25) is 0 Å². The van der Waals surface area contributed by atoms with E-state index in [0.717, 1.165) is 11.3 Å². The minimum absolute atomic E-state index is 0.261. The molecule has 0 atom stereocenters. The number of rotatable bonds is 2. The average molecular weight is 439 g/mol. The third kappa shape index (κ3) is 2.14. The zero-order chi connectivity index (χ0) is 23.1. The molecule has 0 N–H and O–H groups in total. The molecule has 0 saturated heterocycles. The van der Waals surface area contributed by atoms with Gasteiger partial charge in [-0.3, -0.25) is 4.40 Å². The molecule has 2 heteroatoms. The van der Waals surface area contributed by atoms with Gasteiger partial charge in [-0.2, -0.15) is 0 Å². The monoisotopic (exact) mass is 438 g/mol. The summed E-state index contributed by atoms with van der Waals surface area (Å²) in [5.74, 6) is 0. The van der Waals surface area contributed by atoms with Crippen molar-refractivity contribution in [2.45, 2.75) is 31.6 Å². The lowest BCUT2D eigenvalue weighted by atomic mass is 9.52. The van der Waals surface area contributed by atoms with Gasteiger partial charge in [-0.25, -0.2) is 4.98 Å². The Hall–Kier alpha value is -3.91. The lowest BCUT2D eigenvalue weighted by molar-refractivity contribution is 0.338. The molecule has 7 rings (SSSR count). The maximum atomic E-state index is 5.21. The molecular weight excluding hydrogens is 412 g/mol. The van der Waals surface area contributed by atoms with E-state index in [1.807, 2.05) is 0 Å². The fourth-order valence-electron chi connectivity index (χ4n) is 6.97. The van der Waals surface area contributed by atoms with Crippen LogP contribution in [0, 0.1) is 6.92 Å². The molecule has 6 aromatic rings. The normalized spacial score (nSPS) is 16.0. The van der Waals surface area contributed by atoms with E-state index in [2.05, 4.69) is 128 Å². The Kier molecular flexibility index (Phi) is 3.78. The van der Waals surface area contributed by atoms with Crippen molar-refractivity contribution in [1.29, 1.82) is 0 Å². The SMILES string of the molecule is Cc1nc2c3ccccc3c3cccc4c3n2c1C(C)(C)C4(c1ccccc1)c1ccccc1. The van der Waals surface area contributed by atoms with Crippen LogP contribution in [0.1, 0.15) is 41.9 Å². The molecule has 2 nitrogen and oxygen atoms in total. The lowest BCUT2D eigenvalue weighted by Gasteiger charge is -2.51. The predicted molar refractivity (Wildman–Crippen MR) is 141 cm³/mol. The summed E-state index contributed by atoms with van der Waals surface area (Å²) in [7, 11) is 0. The largest absolute Gasteiger partial charge is 0.295 e. The zero-order valence-electron chi connectivity index (χ0n) is 19.7. The lowest BCUT2D eigenvalue weighted by Crippen LogP contribution is -2.50. The number of fused-ring (bicyclic) bond motifs is 3. The van der Waals surface area contributed by atoms with E-state index < -0.39 is 0 Å². The first-order chi connectivity index (χ1) is 16.6. The van der Waals surface area contributed by atoms with Gasteiger partial charge in [0.2, 0.25) is 0 Å². The van der Waals surface area contributed by atoms with Crippen molar-refractivity contribution in [3.05, 3.63) is 131 Å². The molecule has 2 aromatic heterocycles. The Balaban J connectivity index is 1.82. The van der Waals surface area contributed by atoms with Crippen LogP contribution in [-0.4, -0.2) is 9.38 Å². The summed E-state index contributed by atoms with van der Waals surface area (Å²) in [4.78, 5) is 5.21. The summed E-state index contributed by atoms with van der Waals surface area (Å²) in [6.07, 6.45) is 0. The number of aryl methyl sites for hydroxylation is 1. The van der Waals surface area contributed by atoms with E-state index in [0.29, 0.717) is 0 Å². The smallest absolute Gasteiger partial charge is 0.145 e. The quantitative estimate of drug-likeness (QED) is 0.255. The van der Waals surface area contributed by atoms with Gasteiger partial charge < -0.3 is 0 Å². The highest BCUT2D eigenvalue weighted by Crippen LogP contribution is 2.58. The summed E-state index contributed by atoms with van der Waals surface area (Å²) in [5, 5.41) is 3.76. The number of benzene rings is 4. The highest BCUT2D eigenvalue weighted by molar-refractivity contribution is 6.13. The predicted octanol–water partition coefficient (Wildman–Crippen LogP) is 7.57. The van der Waals surface area contributed by atoms with Crippen LogP contribution in [0.25, 0.3) is 27.3 Å². The number of aromatic nitrogens is 2. The Morgan fingerprint density at radius 1 is 0.618 bits per heavy atom. The summed E-state index contributed by atoms with van der Waals surface area (Å²) >= 11 is 0. The van der Waals surface area contributed by atoms with Gasteiger partial charge in [-0.15, -0.1) is 0 Å². The van der Waals surface area contributed by atoms with Crippen LogP contribution in [0.4, 0.5) is 0 Å². The van der Waals surface area contributed by atoms with Crippen molar-refractivity contribution in [1.82, 2.24) is 9.38 Å². The van der Waals surface area contributed by atoms with Crippen molar-refractivity contribution in [3.63, 3.8) is 0 Å². The third-order valence-corrected chi connectivity index (χ3v) is 8.12. The van der Waals surface area contributed by atoms with E-state index in [1.165, 1.54) is 44.1 Å². The molecule has 164 valence electrons. The van der Waals surface area contributed by atoms with E-state index >= 15 is 0 Å². The molecular formula is C32H26N2. The number of pyridine rings is 1. The van der Waals surface area contributed by atoms with Crippen molar-refractivity contribution < 1.29 is 0 Å². The minimum atomic E-state index is -0.370. The number of hydrogen-bond donors (Lipinski definition) is 0. The van der Waals surface area contributed by atoms with Gasteiger partial charge in [0.1, 0.15) is 5.65 Å². The van der Waals surface area contributed by atoms with Crippen molar-refractivity contribution in [3.8, 4) is 0 Å². The van der Waals surface area contributed by atoms with Crippen LogP contribution >= 0.6 is 0 Å². The molecule has 0 amide bonds. The van der Waals surface area contributed by atoms with Crippen LogP contribution in [0.3, 0.4) is 0 Å². The Morgan fingerprint density at radius 2 is 1.18 bits per heavy atom. The molecule has 3 heterocycles. The summed E-state index contributed by atoms with van der Waals surface area (Å²) in [6.45, 7) is 6.99. The van der Waals surface area contributed by atoms with Gasteiger partial charge in [0.15, 0.2) is 0 Å². The van der Waals surface area contributed by atoms with Crippen LogP contribution in [0.5, 0.6) is 0 Å². The molecule has 0 spiro atoms. The highest BCUT2D eigenvalue weighted by atomic mass is 15.1. The van der Waals surface area contributed by atoms with E-state index in [9.17, 15) is 0 Å². The second-order valence-electron chi connectivity index (χ2n) is 10.1. The van der Waals surface area contributed by atoms with Gasteiger partial charge >= 0.3 is 0 Å². The molecule has 1 aliphatic heterocycles. The topological polar surface area (TPSA) is 17.3 Å². The summed E-state index contributed by atoms with van der Waals surface area (Å²) < 4.78 is 2.46. The first kappa shape index (κ1) is 19.5. The van der Waals surface area contributed by atoms with Gasteiger partial charge in [-0.05, 0) is 29.0 Å². The molecule has 0 radical (unpaired) electrons. The fourth-order valence-corrected chi connectivity index (χ4v) is 6.97. The molecule has 0 unspecified atom stereocenters. The Labute approximate surface area is 199 Å². The summed E-state index contributed by atoms with van der Waals surface area (Å²) in [5.41, 5.74) is 8.07. The minimum Gasteiger partial charge on any atom is -0.295 e. The second kappa shape index (κ2) is 6.57. The zero-order valence-corrected chi connectivity index (χ0v) is 19.7. The first-order valence-electron chi connectivity index (χ1n) is 12.0. The van der Waals surface area contributed by atoms with E-state index in [4.69, 9.17) is 4.98 Å². The maximum Gasteiger partial charge on any atom is 0.145 e. The van der Waals surface area contributed by atoms with Gasteiger partial charge in [0.05, 0.1) is 22.3 Å². The molecule has 0 aliphatic carbocycles. The summed E-state index contributed by atoms with van der Waals surface area (Å²) in [6, 6.07) is 37.7. The molecule has 4 aromatic carbocycles. The van der Waals surface area contributed by atoms with Gasteiger partial charge in [0.25, 0.3) is 0 Å². The van der Waals surface area contributed by atoms with Crippen molar-refractivity contribution in [2.24, 2.45) is 0 Å². The average Bonchev–Trinajstić information content (AvgIpc) is 3.24. The number of para-hydroxylation sites is 1. The third-order valence-electron chi connectivity index (χ3n) is 8.12. The van der Waals surface area contributed by atoms with Gasteiger partial charge in [-0.1, -0.05) is 117 Å². The molecule has 1 aliphatic rings. The van der Waals surface area contributed by atoms with Crippen LogP contribution in [-0.2, 0) is 10.8 Å². The molecule has 34 heavy (non-hydrogen) atoms. The van der Waals surface area contributed by atoms with Crippen LogP contribution in [0.15, 0.2) is 103 Å². The fraction of sp³-hybridized carbons (Fsp3) is 0.156. The van der Waals surface area contributed by atoms with E-state index in [-0.39, 0.29) is 10.8 Å². The number of hydrogen-bond acceptors (Lipinski definition) is 1. The number of imidazole rings is 1. The standard InChI is InChI=1S/C32H26N2/c1-21-29-31(2,3)32(22-13-6-4-7-14-22,23-15-8-5-9-16-23)27-20-12-19-25-24-17-10-11-18-26(24)30(33-21)34(29)28(25)27/h4-20H,1-3H3. The number of nitrogens with zero attached hydrogens (tertiary/aromatic N) is 2.